The van der Waals surface area contributed by atoms with Gasteiger partial charge in [-0.25, -0.2) is 14.6 Å². The molecule has 104 valence electrons. The number of carboxylic acids is 1. The third-order valence-corrected chi connectivity index (χ3v) is 4.07. The first kappa shape index (κ1) is 13.8. The molecule has 0 spiro atoms. The molecule has 0 bridgehead atoms. The van der Waals surface area contributed by atoms with Crippen molar-refractivity contribution in [3.8, 4) is 0 Å². The second-order valence-corrected chi connectivity index (χ2v) is 5.57. The van der Waals surface area contributed by atoms with Crippen molar-refractivity contribution < 1.29 is 14.7 Å². The third kappa shape index (κ3) is 3.44. The molecule has 1 unspecified atom stereocenters. The standard InChI is InChI=1S/C12H17N3O3S/c1-8-4-2-3-5-15(8)12(18)13-6-10-14-9(7-19-10)11(16)17/h7-8H,2-6H2,1H3,(H,13,18)(H,16,17). The second kappa shape index (κ2) is 6.01. The number of aromatic carboxylic acids is 1. The zero-order chi connectivity index (χ0) is 13.8. The number of carboxylic acid groups (broad SMARTS) is 1. The van der Waals surface area contributed by atoms with Crippen molar-refractivity contribution in [2.75, 3.05) is 6.54 Å². The van der Waals surface area contributed by atoms with E-state index >= 15 is 0 Å². The van der Waals surface area contributed by atoms with E-state index in [-0.39, 0.29) is 24.3 Å². The molecule has 0 aromatic carbocycles. The lowest BCUT2D eigenvalue weighted by molar-refractivity contribution is 0.0691. The number of carbonyl (C=O) groups is 2. The number of thiazole rings is 1. The molecule has 0 radical (unpaired) electrons. The van der Waals surface area contributed by atoms with Crippen molar-refractivity contribution in [2.24, 2.45) is 0 Å². The summed E-state index contributed by atoms with van der Waals surface area (Å²) in [4.78, 5) is 28.4. The van der Waals surface area contributed by atoms with E-state index in [1.165, 1.54) is 23.1 Å². The van der Waals surface area contributed by atoms with E-state index in [0.29, 0.717) is 5.01 Å². The van der Waals surface area contributed by atoms with Crippen LogP contribution in [0.15, 0.2) is 5.38 Å². The highest BCUT2D eigenvalue weighted by molar-refractivity contribution is 7.09. The monoisotopic (exact) mass is 283 g/mol. The van der Waals surface area contributed by atoms with E-state index in [1.807, 2.05) is 11.8 Å². The first-order valence-corrected chi connectivity index (χ1v) is 7.18. The third-order valence-electron chi connectivity index (χ3n) is 3.23. The zero-order valence-electron chi connectivity index (χ0n) is 10.8. The summed E-state index contributed by atoms with van der Waals surface area (Å²) in [5.74, 6) is -1.04. The van der Waals surface area contributed by atoms with Gasteiger partial charge in [-0.1, -0.05) is 0 Å². The SMILES string of the molecule is CC1CCCCN1C(=O)NCc1nc(C(=O)O)cs1. The Bertz CT molecular complexity index is 475. The van der Waals surface area contributed by atoms with Crippen LogP contribution in [0.4, 0.5) is 4.79 Å². The number of aromatic nitrogens is 1. The molecular weight excluding hydrogens is 266 g/mol. The summed E-state index contributed by atoms with van der Waals surface area (Å²) in [6.07, 6.45) is 3.24. The minimum Gasteiger partial charge on any atom is -0.476 e. The summed E-state index contributed by atoms with van der Waals surface area (Å²) in [7, 11) is 0. The van der Waals surface area contributed by atoms with Crippen LogP contribution in [0.25, 0.3) is 0 Å². The van der Waals surface area contributed by atoms with Crippen molar-refractivity contribution in [2.45, 2.75) is 38.8 Å². The van der Waals surface area contributed by atoms with Crippen LogP contribution in [0, 0.1) is 0 Å². The van der Waals surface area contributed by atoms with Gasteiger partial charge in [0, 0.05) is 18.0 Å². The Labute approximate surface area is 115 Å². The van der Waals surface area contributed by atoms with E-state index in [0.717, 1.165) is 19.4 Å². The fraction of sp³-hybridized carbons (Fsp3) is 0.583. The summed E-state index contributed by atoms with van der Waals surface area (Å²) in [5, 5.41) is 13.6. The van der Waals surface area contributed by atoms with Crippen LogP contribution in [0.1, 0.15) is 41.7 Å². The van der Waals surface area contributed by atoms with E-state index in [4.69, 9.17) is 5.11 Å². The highest BCUT2D eigenvalue weighted by atomic mass is 32.1. The molecular formula is C12H17N3O3S. The van der Waals surface area contributed by atoms with E-state index in [1.54, 1.807) is 0 Å². The number of urea groups is 1. The van der Waals surface area contributed by atoms with Crippen LogP contribution in [-0.4, -0.2) is 39.6 Å². The number of nitrogens with one attached hydrogen (secondary N) is 1. The minimum atomic E-state index is -1.04. The Morgan fingerprint density at radius 2 is 2.37 bits per heavy atom. The lowest BCUT2D eigenvalue weighted by Crippen LogP contribution is -2.47. The Morgan fingerprint density at radius 1 is 1.58 bits per heavy atom. The fourth-order valence-corrected chi connectivity index (χ4v) is 2.85. The van der Waals surface area contributed by atoms with Crippen molar-refractivity contribution in [1.82, 2.24) is 15.2 Å². The van der Waals surface area contributed by atoms with Crippen molar-refractivity contribution in [3.05, 3.63) is 16.1 Å². The smallest absolute Gasteiger partial charge is 0.355 e. The minimum absolute atomic E-state index is 0.0283. The average molecular weight is 283 g/mol. The van der Waals surface area contributed by atoms with Gasteiger partial charge in [-0.05, 0) is 26.2 Å². The van der Waals surface area contributed by atoms with Gasteiger partial charge in [0.25, 0.3) is 0 Å². The normalized spacial score (nSPS) is 19.2. The molecule has 1 aromatic heterocycles. The number of amides is 2. The number of hydrogen-bond acceptors (Lipinski definition) is 4. The first-order valence-electron chi connectivity index (χ1n) is 6.30. The maximum absolute atomic E-state index is 12.0. The molecule has 2 amide bonds. The maximum atomic E-state index is 12.0. The second-order valence-electron chi connectivity index (χ2n) is 4.63. The van der Waals surface area contributed by atoms with Crippen molar-refractivity contribution in [1.29, 1.82) is 0 Å². The van der Waals surface area contributed by atoms with E-state index in [2.05, 4.69) is 10.3 Å². The summed E-state index contributed by atoms with van der Waals surface area (Å²) in [6, 6.07) is 0.166. The molecule has 0 saturated carbocycles. The van der Waals surface area contributed by atoms with Crippen LogP contribution in [0.2, 0.25) is 0 Å². The van der Waals surface area contributed by atoms with Gasteiger partial charge in [-0.2, -0.15) is 0 Å². The van der Waals surface area contributed by atoms with Gasteiger partial charge in [0.1, 0.15) is 5.01 Å². The van der Waals surface area contributed by atoms with Crippen LogP contribution >= 0.6 is 11.3 Å². The number of hydrogen-bond donors (Lipinski definition) is 2. The largest absolute Gasteiger partial charge is 0.476 e. The van der Waals surface area contributed by atoms with Gasteiger partial charge >= 0.3 is 12.0 Å². The van der Waals surface area contributed by atoms with Gasteiger partial charge in [-0.3, -0.25) is 0 Å². The summed E-state index contributed by atoms with van der Waals surface area (Å²) in [5.41, 5.74) is 0.0283. The quantitative estimate of drug-likeness (QED) is 0.888. The molecule has 6 nitrogen and oxygen atoms in total. The molecule has 19 heavy (non-hydrogen) atoms. The van der Waals surface area contributed by atoms with Crippen molar-refractivity contribution in [3.63, 3.8) is 0 Å². The van der Waals surface area contributed by atoms with Crippen LogP contribution in [0.3, 0.4) is 0 Å². The Balaban J connectivity index is 1.87. The number of nitrogens with zero attached hydrogens (tertiary/aromatic N) is 2. The van der Waals surface area contributed by atoms with E-state index in [9.17, 15) is 9.59 Å². The molecule has 1 atom stereocenters. The highest BCUT2D eigenvalue weighted by Crippen LogP contribution is 2.16. The Hall–Kier alpha value is -1.63. The van der Waals surface area contributed by atoms with Crippen LogP contribution in [-0.2, 0) is 6.54 Å². The first-order chi connectivity index (χ1) is 9.08. The molecule has 7 heteroatoms. The van der Waals surface area contributed by atoms with Gasteiger partial charge in [0.05, 0.1) is 6.54 Å². The van der Waals surface area contributed by atoms with Crippen molar-refractivity contribution >= 4 is 23.3 Å². The van der Waals surface area contributed by atoms with Gasteiger partial charge < -0.3 is 15.3 Å². The predicted octanol–water partition coefficient (Wildman–Crippen LogP) is 1.93. The maximum Gasteiger partial charge on any atom is 0.355 e. The summed E-state index contributed by atoms with van der Waals surface area (Å²) in [6.45, 7) is 3.11. The molecule has 1 saturated heterocycles. The number of piperidine rings is 1. The Morgan fingerprint density at radius 3 is 3.00 bits per heavy atom. The van der Waals surface area contributed by atoms with E-state index < -0.39 is 5.97 Å². The molecule has 1 aliphatic heterocycles. The van der Waals surface area contributed by atoms with Gasteiger partial charge in [0.2, 0.25) is 0 Å². The Kier molecular flexibility index (Phi) is 4.36. The summed E-state index contributed by atoms with van der Waals surface area (Å²) < 4.78 is 0. The van der Waals surface area contributed by atoms with Crippen LogP contribution in [0.5, 0.6) is 0 Å². The highest BCUT2D eigenvalue weighted by Gasteiger charge is 2.23. The molecule has 1 aliphatic rings. The molecule has 1 aromatic rings. The fourth-order valence-electron chi connectivity index (χ4n) is 2.14. The van der Waals surface area contributed by atoms with Gasteiger partial charge in [-0.15, -0.1) is 11.3 Å². The lowest BCUT2D eigenvalue weighted by atomic mass is 10.0. The predicted molar refractivity (Wildman–Crippen MR) is 71.3 cm³/mol. The number of likely N-dealkylation sites (tertiary alicyclic amines) is 1. The van der Waals surface area contributed by atoms with Crippen LogP contribution < -0.4 is 5.32 Å². The molecule has 2 heterocycles. The topological polar surface area (TPSA) is 82.5 Å². The zero-order valence-corrected chi connectivity index (χ0v) is 11.6. The number of carbonyl (C=O) groups excluding carboxylic acids is 1. The molecule has 2 N–H and O–H groups in total. The van der Waals surface area contributed by atoms with Gasteiger partial charge in [0.15, 0.2) is 5.69 Å². The lowest BCUT2D eigenvalue weighted by Gasteiger charge is -2.33. The summed E-state index contributed by atoms with van der Waals surface area (Å²) >= 11 is 1.24. The average Bonchev–Trinajstić information content (AvgIpc) is 2.85. The molecule has 2 rings (SSSR count). The molecule has 1 fully saturated rings. The molecule has 0 aliphatic carbocycles. The number of rotatable bonds is 3.